The van der Waals surface area contributed by atoms with Gasteiger partial charge in [-0.2, -0.15) is 0 Å². The number of rotatable bonds is 6. The maximum Gasteiger partial charge on any atom is 0.241 e. The summed E-state index contributed by atoms with van der Waals surface area (Å²) in [6.45, 7) is 5.36. The van der Waals surface area contributed by atoms with Gasteiger partial charge in [0.1, 0.15) is 13.2 Å². The van der Waals surface area contributed by atoms with Crippen LogP contribution in [-0.2, 0) is 4.79 Å². The van der Waals surface area contributed by atoms with E-state index in [1.807, 2.05) is 18.2 Å². The summed E-state index contributed by atoms with van der Waals surface area (Å²) in [5.41, 5.74) is 0.780. The van der Waals surface area contributed by atoms with Crippen molar-refractivity contribution in [2.24, 2.45) is 0 Å². The van der Waals surface area contributed by atoms with Crippen LogP contribution in [0.1, 0.15) is 45.4 Å². The first-order chi connectivity index (χ1) is 11.8. The Hall–Kier alpha value is -1.46. The number of amides is 1. The molecule has 1 aromatic carbocycles. The summed E-state index contributed by atoms with van der Waals surface area (Å²) in [4.78, 5) is 15.2. The standard InChI is InChI=1S/C19H28N2O3.ClH/c1-2-3-7-16(21-10-5-4-6-11-21)19(22)20-15-8-9-17-18(14-15)24-13-12-23-17;/h8-9,14,16H,2-7,10-13H2,1H3,(H,20,22);1H/p-1. The fraction of sp³-hybridized carbons (Fsp3) is 0.632. The molecule has 0 aromatic heterocycles. The minimum absolute atomic E-state index is 0. The van der Waals surface area contributed by atoms with Crippen LogP contribution in [0.15, 0.2) is 18.2 Å². The Kier molecular flexibility index (Phi) is 7.85. The zero-order valence-electron chi connectivity index (χ0n) is 14.9. The molecule has 2 aliphatic rings. The lowest BCUT2D eigenvalue weighted by Gasteiger charge is -2.33. The normalized spacial score (nSPS) is 18.1. The zero-order valence-corrected chi connectivity index (χ0v) is 15.7. The molecule has 1 atom stereocenters. The fourth-order valence-electron chi connectivity index (χ4n) is 3.45. The maximum absolute atomic E-state index is 12.9. The third-order valence-corrected chi connectivity index (χ3v) is 4.77. The SMILES string of the molecule is CCCCC(C(=O)Nc1ccc2c(c1)OCCO2)N1CCCCC1.[Cl-]. The highest BCUT2D eigenvalue weighted by atomic mass is 35.5. The number of hydrogen-bond acceptors (Lipinski definition) is 4. The van der Waals surface area contributed by atoms with Crippen LogP contribution < -0.4 is 27.2 Å². The van der Waals surface area contributed by atoms with Crippen LogP contribution in [0.5, 0.6) is 11.5 Å². The molecule has 2 heterocycles. The Balaban J connectivity index is 0.00000225. The molecule has 1 saturated heterocycles. The molecule has 1 aromatic rings. The number of carbonyl (C=O) groups excluding carboxylic acids is 1. The quantitative estimate of drug-likeness (QED) is 0.793. The first-order valence-electron chi connectivity index (χ1n) is 9.22. The summed E-state index contributed by atoms with van der Waals surface area (Å²) in [7, 11) is 0. The van der Waals surface area contributed by atoms with E-state index in [1.54, 1.807) is 0 Å². The summed E-state index contributed by atoms with van der Waals surface area (Å²) in [5.74, 6) is 1.56. The molecule has 0 saturated carbocycles. The monoisotopic (exact) mass is 367 g/mol. The van der Waals surface area contributed by atoms with Gasteiger partial charge in [0.15, 0.2) is 11.5 Å². The number of nitrogens with zero attached hydrogens (tertiary/aromatic N) is 1. The van der Waals surface area contributed by atoms with Crippen molar-refractivity contribution in [3.63, 3.8) is 0 Å². The second-order valence-corrected chi connectivity index (χ2v) is 6.60. The van der Waals surface area contributed by atoms with Crippen molar-refractivity contribution in [1.82, 2.24) is 4.90 Å². The van der Waals surface area contributed by atoms with E-state index in [0.29, 0.717) is 19.0 Å². The van der Waals surface area contributed by atoms with Gasteiger partial charge in [-0.05, 0) is 44.5 Å². The number of likely N-dealkylation sites (tertiary alicyclic amines) is 1. The van der Waals surface area contributed by atoms with Gasteiger partial charge in [-0.25, -0.2) is 0 Å². The van der Waals surface area contributed by atoms with Crippen LogP contribution in [-0.4, -0.2) is 43.2 Å². The number of carbonyl (C=O) groups is 1. The number of benzene rings is 1. The number of hydrogen-bond donors (Lipinski definition) is 1. The number of nitrogens with one attached hydrogen (secondary N) is 1. The van der Waals surface area contributed by atoms with E-state index in [0.717, 1.165) is 43.8 Å². The molecule has 1 unspecified atom stereocenters. The van der Waals surface area contributed by atoms with Crippen molar-refractivity contribution in [2.75, 3.05) is 31.6 Å². The third-order valence-electron chi connectivity index (χ3n) is 4.77. The second-order valence-electron chi connectivity index (χ2n) is 6.60. The molecule has 2 aliphatic heterocycles. The van der Waals surface area contributed by atoms with Crippen molar-refractivity contribution >= 4 is 11.6 Å². The second kappa shape index (κ2) is 9.88. The van der Waals surface area contributed by atoms with Crippen LogP contribution in [0.2, 0.25) is 0 Å². The van der Waals surface area contributed by atoms with Gasteiger partial charge in [0.2, 0.25) is 5.91 Å². The van der Waals surface area contributed by atoms with Gasteiger partial charge < -0.3 is 27.2 Å². The Labute approximate surface area is 156 Å². The molecule has 6 heteroatoms. The number of anilines is 1. The Morgan fingerprint density at radius 3 is 2.60 bits per heavy atom. The summed E-state index contributed by atoms with van der Waals surface area (Å²) in [5, 5.41) is 3.08. The molecule has 0 bridgehead atoms. The largest absolute Gasteiger partial charge is 1.00 e. The van der Waals surface area contributed by atoms with Gasteiger partial charge >= 0.3 is 0 Å². The van der Waals surface area contributed by atoms with Crippen molar-refractivity contribution < 1.29 is 26.7 Å². The summed E-state index contributed by atoms with van der Waals surface area (Å²) in [6.07, 6.45) is 6.78. The van der Waals surface area contributed by atoms with Crippen LogP contribution in [0.4, 0.5) is 5.69 Å². The minimum atomic E-state index is -0.0292. The Morgan fingerprint density at radius 1 is 1.16 bits per heavy atom. The fourth-order valence-corrected chi connectivity index (χ4v) is 3.45. The first kappa shape index (κ1) is 19.9. The lowest BCUT2D eigenvalue weighted by Crippen LogP contribution is -3.00. The Bertz CT molecular complexity index is 562. The van der Waals surface area contributed by atoms with E-state index >= 15 is 0 Å². The average Bonchev–Trinajstić information content (AvgIpc) is 2.63. The van der Waals surface area contributed by atoms with E-state index in [9.17, 15) is 4.79 Å². The molecule has 0 radical (unpaired) electrons. The molecule has 25 heavy (non-hydrogen) atoms. The number of unbranched alkanes of at least 4 members (excludes halogenated alkanes) is 1. The minimum Gasteiger partial charge on any atom is -1.00 e. The maximum atomic E-state index is 12.9. The van der Waals surface area contributed by atoms with Crippen molar-refractivity contribution in [3.8, 4) is 11.5 Å². The molecule has 3 rings (SSSR count). The highest BCUT2D eigenvalue weighted by molar-refractivity contribution is 5.95. The molecule has 5 nitrogen and oxygen atoms in total. The predicted molar refractivity (Wildman–Crippen MR) is 94.8 cm³/mol. The molecular formula is C19H28ClN2O3-. The van der Waals surface area contributed by atoms with Gasteiger partial charge in [-0.1, -0.05) is 26.2 Å². The van der Waals surface area contributed by atoms with Gasteiger partial charge in [0.05, 0.1) is 6.04 Å². The number of piperidine rings is 1. The summed E-state index contributed by atoms with van der Waals surface area (Å²) >= 11 is 0. The van der Waals surface area contributed by atoms with Gasteiger partial charge in [-0.3, -0.25) is 9.69 Å². The molecule has 0 aliphatic carbocycles. The van der Waals surface area contributed by atoms with E-state index < -0.39 is 0 Å². The molecule has 0 spiro atoms. The summed E-state index contributed by atoms with van der Waals surface area (Å²) in [6, 6.07) is 5.59. The van der Waals surface area contributed by atoms with Crippen LogP contribution in [0.25, 0.3) is 0 Å². The number of halogens is 1. The third kappa shape index (κ3) is 5.25. The topological polar surface area (TPSA) is 50.8 Å². The molecule has 1 N–H and O–H groups in total. The van der Waals surface area contributed by atoms with Crippen LogP contribution >= 0.6 is 0 Å². The van der Waals surface area contributed by atoms with Gasteiger partial charge in [0.25, 0.3) is 0 Å². The average molecular weight is 368 g/mol. The zero-order chi connectivity index (χ0) is 16.8. The Morgan fingerprint density at radius 2 is 1.88 bits per heavy atom. The molecule has 1 amide bonds. The number of ether oxygens (including phenoxy) is 2. The van der Waals surface area contributed by atoms with Gasteiger partial charge in [0, 0.05) is 11.8 Å². The smallest absolute Gasteiger partial charge is 0.241 e. The highest BCUT2D eigenvalue weighted by Gasteiger charge is 2.27. The highest BCUT2D eigenvalue weighted by Crippen LogP contribution is 2.32. The van der Waals surface area contributed by atoms with E-state index in [-0.39, 0.29) is 24.4 Å². The lowest BCUT2D eigenvalue weighted by atomic mass is 10.0. The summed E-state index contributed by atoms with van der Waals surface area (Å²) < 4.78 is 11.1. The molecule has 1 fully saturated rings. The van der Waals surface area contributed by atoms with Crippen molar-refractivity contribution in [1.29, 1.82) is 0 Å². The number of fused-ring (bicyclic) bond motifs is 1. The van der Waals surface area contributed by atoms with Crippen molar-refractivity contribution in [2.45, 2.75) is 51.5 Å². The van der Waals surface area contributed by atoms with Crippen molar-refractivity contribution in [3.05, 3.63) is 18.2 Å². The lowest BCUT2D eigenvalue weighted by molar-refractivity contribution is -0.122. The van der Waals surface area contributed by atoms with E-state index in [2.05, 4.69) is 17.1 Å². The molecular weight excluding hydrogens is 340 g/mol. The van der Waals surface area contributed by atoms with Crippen LogP contribution in [0.3, 0.4) is 0 Å². The van der Waals surface area contributed by atoms with E-state index in [1.165, 1.54) is 19.3 Å². The molecule has 140 valence electrons. The van der Waals surface area contributed by atoms with Gasteiger partial charge in [-0.15, -0.1) is 0 Å². The first-order valence-corrected chi connectivity index (χ1v) is 9.22. The predicted octanol–water partition coefficient (Wildman–Crippen LogP) is 0.445. The van der Waals surface area contributed by atoms with E-state index in [4.69, 9.17) is 9.47 Å². The van der Waals surface area contributed by atoms with Crippen LogP contribution in [0, 0.1) is 0 Å².